The maximum absolute atomic E-state index is 12.1. The summed E-state index contributed by atoms with van der Waals surface area (Å²) in [7, 11) is -1.00. The van der Waals surface area contributed by atoms with Gasteiger partial charge in [0.05, 0.1) is 22.3 Å². The van der Waals surface area contributed by atoms with Crippen LogP contribution < -0.4 is 10.5 Å². The lowest BCUT2D eigenvalue weighted by Gasteiger charge is -2.07. The second-order valence-corrected chi connectivity index (χ2v) is 6.64. The minimum absolute atomic E-state index is 0.542. The second kappa shape index (κ2) is 7.45. The Morgan fingerprint density at radius 3 is 2.50 bits per heavy atom. The van der Waals surface area contributed by atoms with Crippen molar-refractivity contribution in [3.05, 3.63) is 53.0 Å². The highest BCUT2D eigenvalue weighted by molar-refractivity contribution is 9.10. The number of anilines is 1. The molecule has 20 heavy (non-hydrogen) atoms. The van der Waals surface area contributed by atoms with Crippen molar-refractivity contribution < 1.29 is 8.95 Å². The van der Waals surface area contributed by atoms with Crippen LogP contribution in [0.25, 0.3) is 0 Å². The zero-order chi connectivity index (χ0) is 14.4. The van der Waals surface area contributed by atoms with Gasteiger partial charge in [0.15, 0.2) is 0 Å². The molecule has 0 aromatic heterocycles. The van der Waals surface area contributed by atoms with Crippen LogP contribution in [0.4, 0.5) is 5.69 Å². The molecule has 0 saturated carbocycles. The number of halogens is 1. The number of nitrogens with two attached hydrogens (primary N) is 1. The summed E-state index contributed by atoms with van der Waals surface area (Å²) >= 11 is 3.41. The summed E-state index contributed by atoms with van der Waals surface area (Å²) in [4.78, 5) is 0.833. The lowest BCUT2D eigenvalue weighted by Crippen LogP contribution is -2.05. The molecule has 106 valence electrons. The van der Waals surface area contributed by atoms with E-state index in [9.17, 15) is 4.21 Å². The largest absolute Gasteiger partial charge is 0.494 e. The number of rotatable bonds is 6. The average molecular weight is 354 g/mol. The minimum Gasteiger partial charge on any atom is -0.494 e. The van der Waals surface area contributed by atoms with E-state index < -0.39 is 10.8 Å². The molecule has 0 aliphatic heterocycles. The molecule has 0 radical (unpaired) electrons. The first kappa shape index (κ1) is 15.1. The first-order valence-corrected chi connectivity index (χ1v) is 8.39. The Hall–Kier alpha value is -1.33. The monoisotopic (exact) mass is 353 g/mol. The molecule has 0 heterocycles. The zero-order valence-electron chi connectivity index (χ0n) is 10.9. The van der Waals surface area contributed by atoms with Gasteiger partial charge in [0, 0.05) is 15.9 Å². The standard InChI is InChI=1S/C15H16BrNO2S/c16-14-4-1-2-5-15(14)20(18)11-3-10-19-13-8-6-12(17)7-9-13/h1-2,4-9H,3,10-11,17H2. The fourth-order valence-corrected chi connectivity index (χ4v) is 3.63. The number of benzene rings is 2. The maximum Gasteiger partial charge on any atom is 0.119 e. The van der Waals surface area contributed by atoms with E-state index >= 15 is 0 Å². The summed E-state index contributed by atoms with van der Waals surface area (Å²) in [5, 5.41) is 0. The molecule has 0 bridgehead atoms. The molecule has 0 saturated heterocycles. The lowest BCUT2D eigenvalue weighted by atomic mass is 10.3. The molecule has 5 heteroatoms. The molecule has 0 fully saturated rings. The van der Waals surface area contributed by atoms with Gasteiger partial charge in [0.2, 0.25) is 0 Å². The SMILES string of the molecule is Nc1ccc(OCCCS(=O)c2ccccc2Br)cc1. The summed E-state index contributed by atoms with van der Waals surface area (Å²) < 4.78 is 18.6. The van der Waals surface area contributed by atoms with Crippen LogP contribution in [0.15, 0.2) is 57.9 Å². The highest BCUT2D eigenvalue weighted by Gasteiger charge is 2.07. The molecule has 2 aromatic carbocycles. The van der Waals surface area contributed by atoms with Crippen LogP contribution in [-0.4, -0.2) is 16.6 Å². The molecule has 2 aromatic rings. The van der Waals surface area contributed by atoms with Gasteiger partial charge in [0.1, 0.15) is 5.75 Å². The average Bonchev–Trinajstić information content (AvgIpc) is 2.46. The van der Waals surface area contributed by atoms with Gasteiger partial charge in [0.25, 0.3) is 0 Å². The quantitative estimate of drug-likeness (QED) is 0.637. The Labute approximate surface area is 129 Å². The van der Waals surface area contributed by atoms with E-state index in [-0.39, 0.29) is 0 Å². The second-order valence-electron chi connectivity index (χ2n) is 4.25. The summed E-state index contributed by atoms with van der Waals surface area (Å²) in [6.07, 6.45) is 0.734. The Morgan fingerprint density at radius 1 is 1.10 bits per heavy atom. The highest BCUT2D eigenvalue weighted by atomic mass is 79.9. The summed E-state index contributed by atoms with van der Waals surface area (Å²) in [5.74, 6) is 1.36. The molecule has 0 aliphatic rings. The molecule has 1 unspecified atom stereocenters. The third-order valence-electron chi connectivity index (χ3n) is 2.70. The summed E-state index contributed by atoms with van der Waals surface area (Å²) in [6.45, 7) is 0.542. The van der Waals surface area contributed by atoms with Crippen LogP contribution in [0.3, 0.4) is 0 Å². The van der Waals surface area contributed by atoms with Gasteiger partial charge in [-0.1, -0.05) is 12.1 Å². The minimum atomic E-state index is -1.00. The first-order valence-electron chi connectivity index (χ1n) is 6.28. The van der Waals surface area contributed by atoms with Gasteiger partial charge in [-0.25, -0.2) is 0 Å². The molecule has 3 nitrogen and oxygen atoms in total. The van der Waals surface area contributed by atoms with Gasteiger partial charge >= 0.3 is 0 Å². The van der Waals surface area contributed by atoms with Crippen LogP contribution in [0, 0.1) is 0 Å². The number of ether oxygens (including phenoxy) is 1. The smallest absolute Gasteiger partial charge is 0.119 e. The van der Waals surface area contributed by atoms with Crippen molar-refractivity contribution in [3.63, 3.8) is 0 Å². The molecule has 0 spiro atoms. The molecule has 2 N–H and O–H groups in total. The van der Waals surface area contributed by atoms with Gasteiger partial charge in [-0.3, -0.25) is 4.21 Å². The lowest BCUT2D eigenvalue weighted by molar-refractivity contribution is 0.318. The Bertz CT molecular complexity index is 587. The number of hydrogen-bond acceptors (Lipinski definition) is 3. The Morgan fingerprint density at radius 2 is 1.80 bits per heavy atom. The van der Waals surface area contributed by atoms with E-state index in [1.165, 1.54) is 0 Å². The summed E-state index contributed by atoms with van der Waals surface area (Å²) in [5.41, 5.74) is 6.31. The van der Waals surface area contributed by atoms with E-state index in [1.807, 2.05) is 36.4 Å². The normalized spacial score (nSPS) is 12.1. The topological polar surface area (TPSA) is 52.3 Å². The Balaban J connectivity index is 1.77. The van der Waals surface area contributed by atoms with E-state index in [4.69, 9.17) is 10.5 Å². The van der Waals surface area contributed by atoms with Crippen LogP contribution in [-0.2, 0) is 10.8 Å². The summed E-state index contributed by atoms with van der Waals surface area (Å²) in [6, 6.07) is 14.8. The van der Waals surface area contributed by atoms with Crippen molar-refractivity contribution in [1.29, 1.82) is 0 Å². The van der Waals surface area contributed by atoms with Gasteiger partial charge < -0.3 is 10.5 Å². The fourth-order valence-electron chi connectivity index (χ4n) is 1.68. The highest BCUT2D eigenvalue weighted by Crippen LogP contribution is 2.20. The predicted molar refractivity (Wildman–Crippen MR) is 86.4 cm³/mol. The molecule has 1 atom stereocenters. The first-order chi connectivity index (χ1) is 9.66. The molecule has 2 rings (SSSR count). The zero-order valence-corrected chi connectivity index (χ0v) is 13.3. The van der Waals surface area contributed by atoms with Crippen LogP contribution in [0.1, 0.15) is 6.42 Å². The third kappa shape index (κ3) is 4.35. The Kier molecular flexibility index (Phi) is 5.61. The molecular weight excluding hydrogens is 338 g/mol. The fraction of sp³-hybridized carbons (Fsp3) is 0.200. The molecular formula is C15H16BrNO2S. The van der Waals surface area contributed by atoms with Crippen LogP contribution >= 0.6 is 15.9 Å². The maximum atomic E-state index is 12.1. The van der Waals surface area contributed by atoms with Crippen molar-refractivity contribution in [2.24, 2.45) is 0 Å². The van der Waals surface area contributed by atoms with Gasteiger partial charge in [-0.05, 0) is 58.7 Å². The van der Waals surface area contributed by atoms with E-state index in [0.717, 1.165) is 21.5 Å². The van der Waals surface area contributed by atoms with E-state index in [1.54, 1.807) is 12.1 Å². The van der Waals surface area contributed by atoms with Crippen LogP contribution in [0.5, 0.6) is 5.75 Å². The predicted octanol–water partition coefficient (Wildman–Crippen LogP) is 3.61. The van der Waals surface area contributed by atoms with E-state index in [2.05, 4.69) is 15.9 Å². The third-order valence-corrected chi connectivity index (χ3v) is 5.16. The molecule has 0 amide bonds. The number of hydrogen-bond donors (Lipinski definition) is 1. The van der Waals surface area contributed by atoms with Crippen LogP contribution in [0.2, 0.25) is 0 Å². The van der Waals surface area contributed by atoms with Crippen molar-refractivity contribution in [2.75, 3.05) is 18.1 Å². The van der Waals surface area contributed by atoms with Gasteiger partial charge in [-0.15, -0.1) is 0 Å². The van der Waals surface area contributed by atoms with Crippen molar-refractivity contribution in [2.45, 2.75) is 11.3 Å². The van der Waals surface area contributed by atoms with Gasteiger partial charge in [-0.2, -0.15) is 0 Å². The number of nitrogen functional groups attached to an aromatic ring is 1. The van der Waals surface area contributed by atoms with Crippen molar-refractivity contribution in [3.8, 4) is 5.75 Å². The van der Waals surface area contributed by atoms with E-state index in [0.29, 0.717) is 18.0 Å². The molecule has 0 aliphatic carbocycles. The van der Waals surface area contributed by atoms with Crippen molar-refractivity contribution in [1.82, 2.24) is 0 Å². The van der Waals surface area contributed by atoms with Crippen molar-refractivity contribution >= 4 is 32.4 Å².